The molecule has 14 rings (SSSR count). The Hall–Kier alpha value is -7.86. The van der Waals surface area contributed by atoms with E-state index in [0.29, 0.717) is 96.5 Å². The summed E-state index contributed by atoms with van der Waals surface area (Å²) in [6.07, 6.45) is -14.1. The zero-order valence-electron chi connectivity index (χ0n) is 70.3. The summed E-state index contributed by atoms with van der Waals surface area (Å²) in [7, 11) is -0.0293. The van der Waals surface area contributed by atoms with Crippen LogP contribution in [0.5, 0.6) is 0 Å². The minimum absolute atomic E-state index is 0.00488. The second-order valence-corrected chi connectivity index (χ2v) is 40.7. The van der Waals surface area contributed by atoms with Gasteiger partial charge >= 0.3 is 34.8 Å². The molecule has 0 heterocycles. The van der Waals surface area contributed by atoms with Gasteiger partial charge in [0.15, 0.2) is 29.4 Å². The number of fused-ring (bicyclic) bond motifs is 10. The van der Waals surface area contributed by atoms with Gasteiger partial charge in [-0.05, 0) is 220 Å². The van der Waals surface area contributed by atoms with Crippen molar-refractivity contribution in [2.45, 2.75) is 240 Å². The van der Waals surface area contributed by atoms with Crippen molar-refractivity contribution in [3.63, 3.8) is 0 Å². The third-order valence-corrected chi connectivity index (χ3v) is 34.2. The van der Waals surface area contributed by atoms with Gasteiger partial charge in [-0.3, -0.25) is 48.4 Å². The van der Waals surface area contributed by atoms with Crippen LogP contribution in [0.2, 0.25) is 0 Å². The lowest BCUT2D eigenvalue weighted by molar-refractivity contribution is -0.777. The van der Waals surface area contributed by atoms with Gasteiger partial charge in [0.1, 0.15) is 59.7 Å². The summed E-state index contributed by atoms with van der Waals surface area (Å²) in [4.78, 5) is 107. The van der Waals surface area contributed by atoms with E-state index in [9.17, 15) is 92.8 Å². The van der Waals surface area contributed by atoms with Crippen molar-refractivity contribution in [1.82, 2.24) is 0 Å². The van der Waals surface area contributed by atoms with E-state index in [2.05, 4.69) is 224 Å². The van der Waals surface area contributed by atoms with E-state index in [0.717, 1.165) is 6.42 Å². The first kappa shape index (κ1) is 98.7. The van der Waals surface area contributed by atoms with Crippen LogP contribution in [0.4, 0.5) is 43.9 Å². The fraction of sp³-hybridized carbons (Fsp3) is 0.527. The van der Waals surface area contributed by atoms with Crippen molar-refractivity contribution in [1.29, 1.82) is 0 Å². The topological polar surface area (TPSA) is 266 Å². The second kappa shape index (κ2) is 42.8. The van der Waals surface area contributed by atoms with Gasteiger partial charge in [0.05, 0.1) is 21.8 Å². The number of hydrogen-bond acceptors (Lipinski definition) is 21. The highest BCUT2D eigenvalue weighted by Crippen LogP contribution is 2.71. The zero-order valence-corrected chi connectivity index (χ0v) is 73.5. The number of esters is 2. The van der Waals surface area contributed by atoms with Crippen LogP contribution in [0, 0.1) is 92.7 Å². The average molecular weight is 1840 g/mol. The van der Waals surface area contributed by atoms with Crippen molar-refractivity contribution in [2.24, 2.45) is 92.7 Å². The van der Waals surface area contributed by atoms with E-state index in [4.69, 9.17) is 14.2 Å². The van der Waals surface area contributed by atoms with Gasteiger partial charge in [0, 0.05) is 61.2 Å². The quantitative estimate of drug-likeness (QED) is 0.00592. The molecule has 21 atom stereocenters. The molecule has 684 valence electrons. The molecule has 8 aliphatic rings. The monoisotopic (exact) mass is 1840 g/mol. The van der Waals surface area contributed by atoms with E-state index < -0.39 is 107 Å². The van der Waals surface area contributed by atoms with Crippen molar-refractivity contribution >= 4 is 94.6 Å². The molecule has 8 aliphatic carbocycles. The molecule has 0 amide bonds. The Balaban J connectivity index is 0.000000175. The van der Waals surface area contributed by atoms with Crippen LogP contribution in [0.3, 0.4) is 0 Å². The van der Waals surface area contributed by atoms with Gasteiger partial charge in [0.25, 0.3) is 31.6 Å². The first-order chi connectivity index (χ1) is 59.9. The Morgan fingerprint density at radius 2 is 0.881 bits per heavy atom. The molecule has 126 heavy (non-hydrogen) atoms. The molecular formula is C93H104F10O19S4. The number of benzene rings is 6. The molecule has 0 N–H and O–H groups in total. The van der Waals surface area contributed by atoms with Gasteiger partial charge in [0.2, 0.25) is 0 Å². The largest absolute Gasteiger partial charge is 0.691 e. The Labute approximate surface area is 740 Å². The van der Waals surface area contributed by atoms with Crippen LogP contribution in [-0.2, 0) is 103 Å². The zero-order chi connectivity index (χ0) is 91.2. The first-order valence-electron chi connectivity index (χ1n) is 42.1. The lowest BCUT2D eigenvalue weighted by Gasteiger charge is -2.64. The summed E-state index contributed by atoms with van der Waals surface area (Å²) in [5.41, 5.74) is -2.03. The summed E-state index contributed by atoms with van der Waals surface area (Å²) in [5, 5.41) is 15.3. The normalized spacial score (nSPS) is 29.5. The maximum Gasteiger partial charge on any atom is 0.432 e. The van der Waals surface area contributed by atoms with E-state index >= 15 is 0 Å². The highest BCUT2D eigenvalue weighted by atomic mass is 32.2. The van der Waals surface area contributed by atoms with Gasteiger partial charge in [-0.15, -0.1) is 0 Å². The van der Waals surface area contributed by atoms with Gasteiger partial charge in [-0.2, -0.15) is 52.6 Å². The Kier molecular flexibility index (Phi) is 33.5. The van der Waals surface area contributed by atoms with Gasteiger partial charge in [-0.1, -0.05) is 151 Å². The molecule has 0 aliphatic heterocycles. The molecule has 33 heteroatoms. The Bertz CT molecular complexity index is 4280. The average Bonchev–Trinajstić information content (AvgIpc) is 1.42. The fourth-order valence-electron chi connectivity index (χ4n) is 22.6. The van der Waals surface area contributed by atoms with Crippen LogP contribution in [0.15, 0.2) is 211 Å². The second-order valence-electron chi connectivity index (χ2n) is 35.0. The number of alkyl halides is 10. The Morgan fingerprint density at radius 3 is 1.29 bits per heavy atom. The van der Waals surface area contributed by atoms with Crippen molar-refractivity contribution in [3.8, 4) is 0 Å². The standard InChI is InChI=1S/C30H41F5O11S.C27H35F5O8S.2C18H15S/c1-16(4-7-24(39)44-26(29(31,32)33)30(34,35)47-46-45-40)19-5-6-20-25-21(12-23(43-15-38)28(19,20)3)27(2)9-8-18(41-13-36)10-17(27)11-22(25)42-14-37;1-13(4-7-21(36)38-23(26(28,29)30)27(31,32)41-40-39-37)16-5-6-17-22-18(12-20(35)25(16,17)3)24(2)9-8-15(33)10-14(24)11-19(22)34;2*1-4-10-16(11-5-1)19(17-12-6-2-7-13-17)18-14-8-3-9-15-18/h13-23,25-26,40H,4-12H2,1-3H3;13-14,16-18,22-23,37H,4-12H2,1-3H3;2*1-15H/q;;2*+1/p-2/t16?,17-,18+,19+,20-,21-,22+,23-,25-,26?,27-,28+;13?,14-,16+,17-,18-,22-,23?,24-,25+;;/m00../s1. The summed E-state index contributed by atoms with van der Waals surface area (Å²) in [6, 6.07) is 64.3. The lowest BCUT2D eigenvalue weighted by atomic mass is 9.43. The third kappa shape index (κ3) is 22.2. The highest BCUT2D eigenvalue weighted by molar-refractivity contribution is 7.97. The summed E-state index contributed by atoms with van der Waals surface area (Å²) in [6.45, 7) is 13.0. The first-order valence-corrected chi connectivity index (χ1v) is 46.1. The molecular weight excluding hydrogens is 1740 g/mol. The minimum Gasteiger partial charge on any atom is -0.691 e. The van der Waals surface area contributed by atoms with Crippen molar-refractivity contribution in [2.75, 3.05) is 0 Å². The van der Waals surface area contributed by atoms with Gasteiger partial charge in [-0.25, -0.2) is 0 Å². The molecule has 8 fully saturated rings. The molecule has 0 aromatic heterocycles. The molecule has 19 nitrogen and oxygen atoms in total. The fourth-order valence-corrected chi connectivity index (χ4v) is 27.6. The van der Waals surface area contributed by atoms with Crippen LogP contribution in [0.1, 0.15) is 157 Å². The summed E-state index contributed by atoms with van der Waals surface area (Å²) < 4.78 is 167. The molecule has 6 aromatic carbocycles. The highest BCUT2D eigenvalue weighted by Gasteiger charge is 2.70. The maximum absolute atomic E-state index is 14.1. The van der Waals surface area contributed by atoms with Crippen molar-refractivity contribution in [3.05, 3.63) is 182 Å². The third-order valence-electron chi connectivity index (χ3n) is 28.6. The lowest BCUT2D eigenvalue weighted by Crippen LogP contribution is -2.63. The summed E-state index contributed by atoms with van der Waals surface area (Å²) >= 11 is -2.44. The van der Waals surface area contributed by atoms with Crippen LogP contribution in [0.25, 0.3) is 0 Å². The smallest absolute Gasteiger partial charge is 0.432 e. The molecule has 0 bridgehead atoms. The maximum atomic E-state index is 14.1. The van der Waals surface area contributed by atoms with Crippen LogP contribution < -0.4 is 10.5 Å². The number of carbonyl (C=O) groups is 8. The number of carbonyl (C=O) groups excluding carboxylic acids is 8. The van der Waals surface area contributed by atoms with Gasteiger partial charge < -0.3 is 34.2 Å². The number of halogens is 10. The number of ether oxygens (including phenoxy) is 5. The van der Waals surface area contributed by atoms with E-state index in [1.807, 2.05) is 13.8 Å². The van der Waals surface area contributed by atoms with E-state index in [-0.39, 0.29) is 146 Å². The SMILES string of the molecule is CC(CCC(=O)OC(C(F)(F)F)C(F)(F)SOO[O-])[C@H]1CC[C@H]2[C@@H]3C(=O)C[C@@H]4CC(=O)CC[C@]4(C)[C@H]3CC(=O)[C@]12C.CC(CCC(=O)OC(C(F)(F)F)C(F)(F)SOO[O-])[C@H]1CC[C@H]2[C@@H]3[C@H](OC=O)C[C@@H]4C[C@H](OC=O)CC[C@]4(C)[C@H]3C[C@H](OC=O)[C@]12C.c1ccc([S+](c2ccccc2)c2ccccc2)cc1.c1ccc([S+](c2ccccc2)c2ccccc2)cc1. The molecule has 4 unspecified atom stereocenters. The number of rotatable bonds is 30. The number of Topliss-reactive ketones (excluding diaryl/α,β-unsaturated/α-hetero) is 3. The molecule has 8 saturated carbocycles. The van der Waals surface area contributed by atoms with E-state index in [1.165, 1.54) is 29.4 Å². The van der Waals surface area contributed by atoms with Crippen molar-refractivity contribution < 1.29 is 135 Å². The number of hydrogen-bond donors (Lipinski definition) is 0. The number of ketones is 3. The molecule has 0 spiro atoms. The summed E-state index contributed by atoms with van der Waals surface area (Å²) in [5.74, 6) is -4.78. The predicted molar refractivity (Wildman–Crippen MR) is 441 cm³/mol. The molecule has 0 radical (unpaired) electrons. The Morgan fingerprint density at radius 1 is 0.476 bits per heavy atom. The molecule has 6 aromatic rings. The molecule has 0 saturated heterocycles. The minimum atomic E-state index is -5.68. The predicted octanol–water partition coefficient (Wildman–Crippen LogP) is 19.3. The van der Waals surface area contributed by atoms with E-state index in [1.54, 1.807) is 13.8 Å². The van der Waals surface area contributed by atoms with Crippen LogP contribution >= 0.6 is 24.1 Å². The van der Waals surface area contributed by atoms with Crippen LogP contribution in [-0.4, -0.2) is 102 Å².